The fourth-order valence-corrected chi connectivity index (χ4v) is 7.74. The zero-order chi connectivity index (χ0) is 26.9. The molecule has 2 heterocycles. The number of hydrogen-bond acceptors (Lipinski definition) is 2. The van der Waals surface area contributed by atoms with E-state index in [4.69, 9.17) is 9.97 Å². The van der Waals surface area contributed by atoms with Gasteiger partial charge in [0.25, 0.3) is 0 Å². The molecule has 196 valence electrons. The second-order valence-electron chi connectivity index (χ2n) is 12.4. The summed E-state index contributed by atoms with van der Waals surface area (Å²) in [6.45, 7) is 16.7. The van der Waals surface area contributed by atoms with Crippen LogP contribution in [-0.4, -0.2) is 9.97 Å². The number of allylic oxidation sites excluding steroid dienone is 4. The SMILES string of the molecule is CCC(C)(CC)C1=CC2=C(CC1C)c1ccc(C(C)(CC)CC)cc1C21c2cccnc2-c2ncccc21. The molecule has 2 aromatic heterocycles. The van der Waals surface area contributed by atoms with Crippen LogP contribution in [0.3, 0.4) is 0 Å². The molecule has 0 bridgehead atoms. The molecule has 6 rings (SSSR count). The van der Waals surface area contributed by atoms with Gasteiger partial charge in [0.15, 0.2) is 0 Å². The molecule has 0 saturated heterocycles. The third-order valence-electron chi connectivity index (χ3n) is 11.0. The Morgan fingerprint density at radius 1 is 0.789 bits per heavy atom. The molecule has 38 heavy (non-hydrogen) atoms. The summed E-state index contributed by atoms with van der Waals surface area (Å²) in [4.78, 5) is 9.89. The number of benzene rings is 1. The van der Waals surface area contributed by atoms with Crippen LogP contribution in [-0.2, 0) is 10.8 Å². The van der Waals surface area contributed by atoms with Crippen molar-refractivity contribution < 1.29 is 0 Å². The molecule has 2 nitrogen and oxygen atoms in total. The van der Waals surface area contributed by atoms with Crippen molar-refractivity contribution in [3.63, 3.8) is 0 Å². The normalized spacial score (nSPS) is 19.2. The smallest absolute Gasteiger partial charge is 0.0937 e. The van der Waals surface area contributed by atoms with Crippen LogP contribution in [0.1, 0.15) is 108 Å². The maximum Gasteiger partial charge on any atom is 0.0937 e. The second kappa shape index (κ2) is 8.76. The molecule has 0 amide bonds. The van der Waals surface area contributed by atoms with Gasteiger partial charge in [-0.2, -0.15) is 0 Å². The molecule has 3 aliphatic rings. The molecule has 0 N–H and O–H groups in total. The lowest BCUT2D eigenvalue weighted by molar-refractivity contribution is 0.329. The van der Waals surface area contributed by atoms with Gasteiger partial charge < -0.3 is 0 Å². The number of aromatic nitrogens is 2. The first-order valence-corrected chi connectivity index (χ1v) is 14.8. The van der Waals surface area contributed by atoms with Gasteiger partial charge in [-0.05, 0) is 99.9 Å². The maximum absolute atomic E-state index is 4.94. The Hall–Kier alpha value is -3.00. The third kappa shape index (κ3) is 3.12. The van der Waals surface area contributed by atoms with Crippen LogP contribution in [0.5, 0.6) is 0 Å². The monoisotopic (exact) mass is 502 g/mol. The standard InChI is InChI=1S/C36H42N2/c1-8-34(6,9-2)24-16-17-25-26-20-23(5)29(35(7,10-3)11-4)22-31(26)36(30(25)21-24)27-14-12-18-37-32(27)33-28(36)15-13-19-38-33/h12-19,21-23H,8-11,20H2,1-7H3. The van der Waals surface area contributed by atoms with Crippen LogP contribution < -0.4 is 0 Å². The highest BCUT2D eigenvalue weighted by Crippen LogP contribution is 2.64. The summed E-state index contributed by atoms with van der Waals surface area (Å²) in [6.07, 6.45) is 12.2. The molecular weight excluding hydrogens is 460 g/mol. The van der Waals surface area contributed by atoms with E-state index >= 15 is 0 Å². The van der Waals surface area contributed by atoms with Gasteiger partial charge in [-0.1, -0.05) is 90.4 Å². The van der Waals surface area contributed by atoms with Gasteiger partial charge in [-0.15, -0.1) is 0 Å². The van der Waals surface area contributed by atoms with Crippen LogP contribution >= 0.6 is 0 Å². The molecule has 1 unspecified atom stereocenters. The minimum absolute atomic E-state index is 0.157. The molecule has 0 aliphatic heterocycles. The zero-order valence-corrected chi connectivity index (χ0v) is 24.3. The maximum atomic E-state index is 4.94. The number of pyridine rings is 2. The van der Waals surface area contributed by atoms with Crippen molar-refractivity contribution in [1.29, 1.82) is 0 Å². The van der Waals surface area contributed by atoms with Crippen molar-refractivity contribution in [2.24, 2.45) is 11.3 Å². The minimum Gasteiger partial charge on any atom is -0.254 e. The lowest BCUT2D eigenvalue weighted by Crippen LogP contribution is -2.31. The first-order chi connectivity index (χ1) is 18.3. The van der Waals surface area contributed by atoms with Crippen molar-refractivity contribution in [1.82, 2.24) is 9.97 Å². The molecule has 1 spiro atoms. The zero-order valence-electron chi connectivity index (χ0n) is 24.3. The largest absolute Gasteiger partial charge is 0.254 e. The Labute approximate surface area is 229 Å². The van der Waals surface area contributed by atoms with Gasteiger partial charge in [-0.3, -0.25) is 9.97 Å². The van der Waals surface area contributed by atoms with Gasteiger partial charge >= 0.3 is 0 Å². The Morgan fingerprint density at radius 2 is 1.37 bits per heavy atom. The quantitative estimate of drug-likeness (QED) is 0.335. The van der Waals surface area contributed by atoms with Crippen molar-refractivity contribution in [2.45, 2.75) is 91.4 Å². The Kier molecular flexibility index (Phi) is 5.83. The average molecular weight is 503 g/mol. The van der Waals surface area contributed by atoms with Gasteiger partial charge in [0.2, 0.25) is 0 Å². The summed E-state index contributed by atoms with van der Waals surface area (Å²) < 4.78 is 0. The topological polar surface area (TPSA) is 25.8 Å². The van der Waals surface area contributed by atoms with Gasteiger partial charge in [0, 0.05) is 12.4 Å². The van der Waals surface area contributed by atoms with Crippen LogP contribution in [0.25, 0.3) is 17.0 Å². The minimum atomic E-state index is -0.357. The number of nitrogens with zero attached hydrogens (tertiary/aromatic N) is 2. The van der Waals surface area contributed by atoms with Gasteiger partial charge in [0.1, 0.15) is 0 Å². The molecule has 2 heteroatoms. The van der Waals surface area contributed by atoms with Gasteiger partial charge in [-0.25, -0.2) is 0 Å². The molecule has 0 saturated carbocycles. The van der Waals surface area contributed by atoms with Crippen LogP contribution in [0, 0.1) is 11.3 Å². The molecular formula is C36H42N2. The summed E-state index contributed by atoms with van der Waals surface area (Å²) in [5.74, 6) is 0.529. The highest BCUT2D eigenvalue weighted by Gasteiger charge is 2.55. The van der Waals surface area contributed by atoms with Crippen LogP contribution in [0.15, 0.2) is 72.1 Å². The lowest BCUT2D eigenvalue weighted by Gasteiger charge is -2.39. The lowest BCUT2D eigenvalue weighted by atomic mass is 9.64. The second-order valence-corrected chi connectivity index (χ2v) is 12.4. The van der Waals surface area contributed by atoms with E-state index in [1.165, 1.54) is 39.0 Å². The highest BCUT2D eigenvalue weighted by atomic mass is 14.8. The van der Waals surface area contributed by atoms with E-state index in [1.54, 1.807) is 5.57 Å². The van der Waals surface area contributed by atoms with Crippen molar-refractivity contribution in [3.8, 4) is 11.4 Å². The Morgan fingerprint density at radius 3 is 1.92 bits per heavy atom. The van der Waals surface area contributed by atoms with E-state index in [-0.39, 0.29) is 16.2 Å². The summed E-state index contributed by atoms with van der Waals surface area (Å²) in [5.41, 5.74) is 13.6. The van der Waals surface area contributed by atoms with Crippen molar-refractivity contribution in [3.05, 3.63) is 99.9 Å². The molecule has 1 atom stereocenters. The van der Waals surface area contributed by atoms with Crippen LogP contribution in [0.2, 0.25) is 0 Å². The van der Waals surface area contributed by atoms with Crippen LogP contribution in [0.4, 0.5) is 0 Å². The van der Waals surface area contributed by atoms with E-state index in [2.05, 4.69) is 97.0 Å². The van der Waals surface area contributed by atoms with E-state index in [0.29, 0.717) is 5.92 Å². The predicted octanol–water partition coefficient (Wildman–Crippen LogP) is 9.43. The first-order valence-electron chi connectivity index (χ1n) is 14.8. The predicted molar refractivity (Wildman–Crippen MR) is 159 cm³/mol. The first kappa shape index (κ1) is 25.3. The molecule has 0 radical (unpaired) electrons. The average Bonchev–Trinajstić information content (AvgIpc) is 3.42. The number of rotatable bonds is 6. The molecule has 1 aromatic carbocycles. The summed E-state index contributed by atoms with van der Waals surface area (Å²) in [5, 5.41) is 0. The van der Waals surface area contributed by atoms with E-state index < -0.39 is 0 Å². The van der Waals surface area contributed by atoms with Gasteiger partial charge in [0.05, 0.1) is 16.8 Å². The van der Waals surface area contributed by atoms with Crippen molar-refractivity contribution in [2.75, 3.05) is 0 Å². The number of hydrogen-bond donors (Lipinski definition) is 0. The fourth-order valence-electron chi connectivity index (χ4n) is 7.74. The van der Waals surface area contributed by atoms with E-state index in [9.17, 15) is 0 Å². The highest BCUT2D eigenvalue weighted by molar-refractivity contribution is 5.94. The number of fused-ring (bicyclic) bond motifs is 9. The third-order valence-corrected chi connectivity index (χ3v) is 11.0. The molecule has 3 aliphatic carbocycles. The summed E-state index contributed by atoms with van der Waals surface area (Å²) >= 11 is 0. The van der Waals surface area contributed by atoms with Crippen molar-refractivity contribution >= 4 is 5.57 Å². The molecule has 0 fully saturated rings. The molecule has 3 aromatic rings. The Bertz CT molecular complexity index is 1430. The fraction of sp³-hybridized carbons (Fsp3) is 0.444. The summed E-state index contributed by atoms with van der Waals surface area (Å²) in [6, 6.07) is 16.3. The summed E-state index contributed by atoms with van der Waals surface area (Å²) in [7, 11) is 0. The Balaban J connectivity index is 1.73. The van der Waals surface area contributed by atoms with E-state index in [0.717, 1.165) is 43.5 Å². The van der Waals surface area contributed by atoms with E-state index in [1.807, 2.05) is 12.4 Å².